The summed E-state index contributed by atoms with van der Waals surface area (Å²) in [5, 5.41) is 0. The first-order valence-electron chi connectivity index (χ1n) is 4.64. The van der Waals surface area contributed by atoms with Crippen LogP contribution in [0.3, 0.4) is 0 Å². The second kappa shape index (κ2) is 5.69. The van der Waals surface area contributed by atoms with Crippen LogP contribution in [0.5, 0.6) is 0 Å². The Kier molecular flexibility index (Phi) is 4.53. The molecule has 0 saturated heterocycles. The van der Waals surface area contributed by atoms with Crippen molar-refractivity contribution in [1.82, 2.24) is 4.90 Å². The minimum atomic E-state index is 0.843. The van der Waals surface area contributed by atoms with E-state index >= 15 is 0 Å². The number of aliphatic imine (C=N–C) groups is 1. The molecule has 1 aromatic carbocycles. The Balaban J connectivity index is 2.69. The fraction of sp³-hybridized carbons (Fsp3) is 0.273. The molecule has 15 heavy (non-hydrogen) atoms. The molecule has 0 fully saturated rings. The SMILES string of the molecule is CN(C)/C=N/C(=[Se])N(C)c1ccccc1. The van der Waals surface area contributed by atoms with Gasteiger partial charge in [0.15, 0.2) is 0 Å². The van der Waals surface area contributed by atoms with E-state index < -0.39 is 0 Å². The second-order valence-corrected chi connectivity index (χ2v) is 4.15. The van der Waals surface area contributed by atoms with E-state index in [9.17, 15) is 0 Å². The molecule has 0 aliphatic carbocycles. The molecule has 1 rings (SSSR count). The van der Waals surface area contributed by atoms with Crippen molar-refractivity contribution in [3.8, 4) is 0 Å². The first-order chi connectivity index (χ1) is 7.11. The van der Waals surface area contributed by atoms with E-state index in [1.807, 2.05) is 61.3 Å². The molecule has 0 amide bonds. The quantitative estimate of drug-likeness (QED) is 0.460. The monoisotopic (exact) mass is 269 g/mol. The number of rotatable bonds is 4. The van der Waals surface area contributed by atoms with Gasteiger partial charge in [-0.1, -0.05) is 0 Å². The van der Waals surface area contributed by atoms with Gasteiger partial charge in [0, 0.05) is 0 Å². The van der Waals surface area contributed by atoms with Crippen molar-refractivity contribution in [2.75, 3.05) is 26.0 Å². The zero-order valence-electron chi connectivity index (χ0n) is 9.21. The van der Waals surface area contributed by atoms with Crippen LogP contribution in [0.25, 0.3) is 0 Å². The van der Waals surface area contributed by atoms with Gasteiger partial charge in [0.2, 0.25) is 0 Å². The number of anilines is 1. The van der Waals surface area contributed by atoms with Crippen LogP contribution in [-0.4, -0.2) is 52.6 Å². The van der Waals surface area contributed by atoms with Crippen LogP contribution in [0.2, 0.25) is 0 Å². The third-order valence-corrected chi connectivity index (χ3v) is 2.63. The standard InChI is InChI=1S/C11H15N3Se/c1-13(2)9-12-11(15)14(3)10-7-5-4-6-8-10/h4-9H,1-3H3/b12-9+. The second-order valence-electron chi connectivity index (χ2n) is 3.39. The zero-order valence-corrected chi connectivity index (χ0v) is 10.9. The van der Waals surface area contributed by atoms with Crippen molar-refractivity contribution in [3.05, 3.63) is 30.3 Å². The third-order valence-electron chi connectivity index (χ3n) is 1.83. The van der Waals surface area contributed by atoms with Crippen molar-refractivity contribution >= 4 is 32.3 Å². The zero-order chi connectivity index (χ0) is 11.3. The maximum absolute atomic E-state index is 4.29. The molecule has 0 saturated carbocycles. The van der Waals surface area contributed by atoms with Crippen LogP contribution in [-0.2, 0) is 0 Å². The van der Waals surface area contributed by atoms with E-state index in [4.69, 9.17) is 0 Å². The summed E-state index contributed by atoms with van der Waals surface area (Å²) in [5.41, 5.74) is 1.11. The normalized spacial score (nSPS) is 10.3. The van der Waals surface area contributed by atoms with E-state index in [-0.39, 0.29) is 0 Å². The molecule has 1 aromatic rings. The summed E-state index contributed by atoms with van der Waals surface area (Å²) in [6.45, 7) is 0. The van der Waals surface area contributed by atoms with Gasteiger partial charge in [-0.05, 0) is 0 Å². The van der Waals surface area contributed by atoms with Crippen molar-refractivity contribution in [2.24, 2.45) is 4.99 Å². The Morgan fingerprint density at radius 1 is 1.20 bits per heavy atom. The molecule has 3 nitrogen and oxygen atoms in total. The van der Waals surface area contributed by atoms with Crippen LogP contribution in [0.1, 0.15) is 0 Å². The van der Waals surface area contributed by atoms with Crippen molar-refractivity contribution in [1.29, 1.82) is 0 Å². The van der Waals surface area contributed by atoms with Crippen LogP contribution < -0.4 is 4.90 Å². The molecule has 0 spiro atoms. The van der Waals surface area contributed by atoms with Gasteiger partial charge in [-0.2, -0.15) is 0 Å². The van der Waals surface area contributed by atoms with Gasteiger partial charge >= 0.3 is 98.5 Å². The molecule has 0 atom stereocenters. The Hall–Kier alpha value is -1.12. The van der Waals surface area contributed by atoms with Gasteiger partial charge in [0.25, 0.3) is 0 Å². The van der Waals surface area contributed by atoms with Gasteiger partial charge in [0.1, 0.15) is 0 Å². The van der Waals surface area contributed by atoms with Gasteiger partial charge in [-0.25, -0.2) is 0 Å². The summed E-state index contributed by atoms with van der Waals surface area (Å²) in [5.74, 6) is 0. The number of para-hydroxylation sites is 1. The summed E-state index contributed by atoms with van der Waals surface area (Å²) in [6.07, 6.45) is 1.77. The Labute approximate surface area is 98.8 Å². The Morgan fingerprint density at radius 3 is 2.33 bits per heavy atom. The molecular formula is C11H15N3Se. The van der Waals surface area contributed by atoms with Crippen LogP contribution in [0.15, 0.2) is 35.3 Å². The molecular weight excluding hydrogens is 253 g/mol. The molecule has 0 bridgehead atoms. The summed E-state index contributed by atoms with van der Waals surface area (Å²) >= 11 is 2.95. The maximum atomic E-state index is 4.29. The van der Waals surface area contributed by atoms with E-state index in [1.54, 1.807) is 6.34 Å². The Bertz CT molecular complexity index is 346. The fourth-order valence-electron chi connectivity index (χ4n) is 1.01. The summed E-state index contributed by atoms with van der Waals surface area (Å²) in [6, 6.07) is 10.1. The summed E-state index contributed by atoms with van der Waals surface area (Å²) in [7, 11) is 5.87. The van der Waals surface area contributed by atoms with Crippen molar-refractivity contribution in [3.63, 3.8) is 0 Å². The van der Waals surface area contributed by atoms with Crippen molar-refractivity contribution < 1.29 is 0 Å². The number of hydrogen-bond acceptors (Lipinski definition) is 2. The molecule has 0 heterocycles. The van der Waals surface area contributed by atoms with E-state index in [0.717, 1.165) is 10.4 Å². The first kappa shape index (κ1) is 12.0. The van der Waals surface area contributed by atoms with Crippen molar-refractivity contribution in [2.45, 2.75) is 0 Å². The predicted octanol–water partition coefficient (Wildman–Crippen LogP) is 0.969. The van der Waals surface area contributed by atoms with Crippen LogP contribution >= 0.6 is 0 Å². The number of benzene rings is 1. The van der Waals surface area contributed by atoms with E-state index in [0.29, 0.717) is 0 Å². The van der Waals surface area contributed by atoms with E-state index in [1.165, 1.54) is 0 Å². The van der Waals surface area contributed by atoms with Gasteiger partial charge in [-0.3, -0.25) is 0 Å². The number of nitrogens with zero attached hydrogens (tertiary/aromatic N) is 3. The summed E-state index contributed by atoms with van der Waals surface area (Å²) in [4.78, 5) is 8.19. The first-order valence-corrected chi connectivity index (χ1v) is 5.50. The van der Waals surface area contributed by atoms with Gasteiger partial charge < -0.3 is 0 Å². The van der Waals surface area contributed by atoms with Gasteiger partial charge in [-0.15, -0.1) is 0 Å². The minimum absolute atomic E-state index is 0.843. The van der Waals surface area contributed by atoms with E-state index in [2.05, 4.69) is 20.6 Å². The number of hydrogen-bond donors (Lipinski definition) is 0. The predicted molar refractivity (Wildman–Crippen MR) is 67.8 cm³/mol. The molecule has 0 aromatic heterocycles. The van der Waals surface area contributed by atoms with Crippen LogP contribution in [0, 0.1) is 0 Å². The molecule has 0 unspecified atom stereocenters. The van der Waals surface area contributed by atoms with Crippen LogP contribution in [0.4, 0.5) is 5.69 Å². The molecule has 80 valence electrons. The third kappa shape index (κ3) is 3.86. The molecule has 0 aliphatic heterocycles. The fourth-order valence-corrected chi connectivity index (χ4v) is 1.33. The average Bonchev–Trinajstić information content (AvgIpc) is 2.26. The molecule has 4 heteroatoms. The Morgan fingerprint density at radius 2 is 1.80 bits per heavy atom. The summed E-state index contributed by atoms with van der Waals surface area (Å²) < 4.78 is 0.843. The molecule has 0 N–H and O–H groups in total. The molecule has 0 radical (unpaired) electrons. The molecule has 0 aliphatic rings. The topological polar surface area (TPSA) is 18.8 Å². The average molecular weight is 268 g/mol. The van der Waals surface area contributed by atoms with Gasteiger partial charge in [0.05, 0.1) is 0 Å².